The first-order chi connectivity index (χ1) is 8.93. The standard InChI is InChI=1S/C12H12N2O5/c1-7(15)5-6-13-11(16)8-3-2-4-9(14(18)19)10(8)12(13)17/h2-4,7,15H,5-6H2,1H3. The highest BCUT2D eigenvalue weighted by molar-refractivity contribution is 6.23. The van der Waals surface area contributed by atoms with Crippen molar-refractivity contribution in [3.05, 3.63) is 39.4 Å². The van der Waals surface area contributed by atoms with Gasteiger partial charge in [-0.1, -0.05) is 6.07 Å². The average Bonchev–Trinajstić information content (AvgIpc) is 2.59. The summed E-state index contributed by atoms with van der Waals surface area (Å²) in [4.78, 5) is 35.2. The lowest BCUT2D eigenvalue weighted by atomic mass is 10.1. The molecule has 1 aliphatic heterocycles. The van der Waals surface area contributed by atoms with Crippen LogP contribution in [0.5, 0.6) is 0 Å². The molecule has 1 unspecified atom stereocenters. The van der Waals surface area contributed by atoms with Crippen LogP contribution in [0.4, 0.5) is 5.69 Å². The van der Waals surface area contributed by atoms with Gasteiger partial charge in [0.2, 0.25) is 0 Å². The van der Waals surface area contributed by atoms with Crippen molar-refractivity contribution in [1.29, 1.82) is 0 Å². The maximum Gasteiger partial charge on any atom is 0.282 e. The van der Waals surface area contributed by atoms with Crippen molar-refractivity contribution in [3.63, 3.8) is 0 Å². The van der Waals surface area contributed by atoms with Crippen molar-refractivity contribution in [1.82, 2.24) is 4.90 Å². The Balaban J connectivity index is 2.39. The van der Waals surface area contributed by atoms with Crippen LogP contribution in [0, 0.1) is 10.1 Å². The molecule has 2 rings (SSSR count). The molecule has 0 fully saturated rings. The monoisotopic (exact) mass is 264 g/mol. The fourth-order valence-corrected chi connectivity index (χ4v) is 1.99. The van der Waals surface area contributed by atoms with Gasteiger partial charge in [-0.15, -0.1) is 0 Å². The molecule has 1 heterocycles. The first kappa shape index (κ1) is 13.2. The molecule has 1 aliphatic rings. The molecule has 19 heavy (non-hydrogen) atoms. The van der Waals surface area contributed by atoms with Crippen LogP contribution in [0.2, 0.25) is 0 Å². The number of amides is 2. The zero-order valence-corrected chi connectivity index (χ0v) is 10.2. The van der Waals surface area contributed by atoms with Crippen molar-refractivity contribution in [2.75, 3.05) is 6.54 Å². The summed E-state index contributed by atoms with van der Waals surface area (Å²) in [5, 5.41) is 20.1. The van der Waals surface area contributed by atoms with Gasteiger partial charge in [0, 0.05) is 12.6 Å². The molecule has 0 aromatic heterocycles. The summed E-state index contributed by atoms with van der Waals surface area (Å²) in [5.41, 5.74) is -0.483. The quantitative estimate of drug-likeness (QED) is 0.496. The van der Waals surface area contributed by atoms with E-state index < -0.39 is 22.8 Å². The van der Waals surface area contributed by atoms with Crippen molar-refractivity contribution in [3.8, 4) is 0 Å². The number of carbonyl (C=O) groups excluding carboxylic acids is 2. The number of aliphatic hydroxyl groups is 1. The van der Waals surface area contributed by atoms with Gasteiger partial charge in [-0.3, -0.25) is 24.6 Å². The van der Waals surface area contributed by atoms with Crippen molar-refractivity contribution >= 4 is 17.5 Å². The molecule has 0 aliphatic carbocycles. The third kappa shape index (κ3) is 2.19. The minimum absolute atomic E-state index is 0.0428. The predicted octanol–water partition coefficient (Wildman–Crippen LogP) is 0.962. The number of imide groups is 1. The maximum atomic E-state index is 12.1. The number of fused-ring (bicyclic) bond motifs is 1. The van der Waals surface area contributed by atoms with Crippen molar-refractivity contribution < 1.29 is 19.6 Å². The highest BCUT2D eigenvalue weighted by atomic mass is 16.6. The lowest BCUT2D eigenvalue weighted by Crippen LogP contribution is -2.32. The molecule has 2 amide bonds. The number of nitrogens with zero attached hydrogens (tertiary/aromatic N) is 2. The van der Waals surface area contributed by atoms with Gasteiger partial charge < -0.3 is 5.11 Å². The van der Waals surface area contributed by atoms with Gasteiger partial charge in [0.15, 0.2) is 0 Å². The second kappa shape index (κ2) is 4.77. The highest BCUT2D eigenvalue weighted by Crippen LogP contribution is 2.30. The van der Waals surface area contributed by atoms with Crippen LogP contribution in [0.1, 0.15) is 34.1 Å². The van der Waals surface area contributed by atoms with Gasteiger partial charge in [-0.05, 0) is 19.4 Å². The number of hydrogen-bond acceptors (Lipinski definition) is 5. The first-order valence-corrected chi connectivity index (χ1v) is 5.75. The molecule has 0 bridgehead atoms. The van der Waals surface area contributed by atoms with Crippen LogP contribution in [0.25, 0.3) is 0 Å². The van der Waals surface area contributed by atoms with E-state index >= 15 is 0 Å². The van der Waals surface area contributed by atoms with E-state index in [2.05, 4.69) is 0 Å². The van der Waals surface area contributed by atoms with E-state index in [1.165, 1.54) is 18.2 Å². The van der Waals surface area contributed by atoms with E-state index in [4.69, 9.17) is 0 Å². The van der Waals surface area contributed by atoms with Crippen LogP contribution in [-0.4, -0.2) is 39.4 Å². The Labute approximate surface area is 108 Å². The summed E-state index contributed by atoms with van der Waals surface area (Å²) in [6, 6.07) is 3.97. The Morgan fingerprint density at radius 3 is 2.63 bits per heavy atom. The molecule has 7 nitrogen and oxygen atoms in total. The van der Waals surface area contributed by atoms with Gasteiger partial charge >= 0.3 is 0 Å². The minimum atomic E-state index is -0.678. The van der Waals surface area contributed by atoms with E-state index in [-0.39, 0.29) is 29.8 Å². The first-order valence-electron chi connectivity index (χ1n) is 5.75. The Bertz CT molecular complexity index is 567. The summed E-state index contributed by atoms with van der Waals surface area (Å²) >= 11 is 0. The second-order valence-corrected chi connectivity index (χ2v) is 4.36. The molecule has 0 saturated carbocycles. The van der Waals surface area contributed by atoms with Crippen LogP contribution in [0.15, 0.2) is 18.2 Å². The molecule has 0 saturated heterocycles. The number of hydrogen-bond donors (Lipinski definition) is 1. The molecule has 1 atom stereocenters. The molecule has 0 radical (unpaired) electrons. The number of aliphatic hydroxyl groups excluding tert-OH is 1. The van der Waals surface area contributed by atoms with E-state index in [0.717, 1.165) is 4.90 Å². The van der Waals surface area contributed by atoms with Crippen LogP contribution in [0.3, 0.4) is 0 Å². The van der Waals surface area contributed by atoms with Gasteiger partial charge in [0.1, 0.15) is 5.56 Å². The van der Waals surface area contributed by atoms with Gasteiger partial charge in [0.05, 0.1) is 16.6 Å². The number of carbonyl (C=O) groups is 2. The zero-order valence-electron chi connectivity index (χ0n) is 10.2. The fraction of sp³-hybridized carbons (Fsp3) is 0.333. The number of nitro benzene ring substituents is 1. The topological polar surface area (TPSA) is 101 Å². The SMILES string of the molecule is CC(O)CCN1C(=O)c2cccc([N+](=O)[O-])c2C1=O. The Hall–Kier alpha value is -2.28. The highest BCUT2D eigenvalue weighted by Gasteiger charge is 2.40. The molecule has 1 aromatic rings. The summed E-state index contributed by atoms with van der Waals surface area (Å²) in [7, 11) is 0. The zero-order chi connectivity index (χ0) is 14.2. The fourth-order valence-electron chi connectivity index (χ4n) is 1.99. The summed E-state index contributed by atoms with van der Waals surface area (Å²) < 4.78 is 0. The van der Waals surface area contributed by atoms with E-state index in [1.54, 1.807) is 6.92 Å². The molecule has 1 N–H and O–H groups in total. The lowest BCUT2D eigenvalue weighted by molar-refractivity contribution is -0.385. The third-order valence-corrected chi connectivity index (χ3v) is 2.94. The van der Waals surface area contributed by atoms with Crippen LogP contribution in [-0.2, 0) is 0 Å². The second-order valence-electron chi connectivity index (χ2n) is 4.36. The Morgan fingerprint density at radius 2 is 2.05 bits per heavy atom. The normalized spacial score (nSPS) is 15.6. The van der Waals surface area contributed by atoms with Gasteiger partial charge in [0.25, 0.3) is 17.5 Å². The number of nitro groups is 1. The summed E-state index contributed by atoms with van der Waals surface area (Å²) in [5.74, 6) is -1.22. The average molecular weight is 264 g/mol. The molecule has 100 valence electrons. The van der Waals surface area contributed by atoms with E-state index in [9.17, 15) is 24.8 Å². The largest absolute Gasteiger partial charge is 0.393 e. The lowest BCUT2D eigenvalue weighted by Gasteiger charge is -2.14. The smallest absolute Gasteiger partial charge is 0.282 e. The Kier molecular flexibility index (Phi) is 3.30. The number of benzene rings is 1. The summed E-state index contributed by atoms with van der Waals surface area (Å²) in [6.07, 6.45) is -0.418. The molecule has 0 spiro atoms. The molecular weight excluding hydrogens is 252 g/mol. The molecule has 1 aromatic carbocycles. The van der Waals surface area contributed by atoms with Crippen molar-refractivity contribution in [2.45, 2.75) is 19.4 Å². The maximum absolute atomic E-state index is 12.1. The van der Waals surface area contributed by atoms with E-state index in [0.29, 0.717) is 0 Å². The predicted molar refractivity (Wildman–Crippen MR) is 64.8 cm³/mol. The molecular formula is C12H12N2O5. The van der Waals surface area contributed by atoms with E-state index in [1.807, 2.05) is 0 Å². The summed E-state index contributed by atoms with van der Waals surface area (Å²) in [6.45, 7) is 1.59. The molecule has 7 heteroatoms. The van der Waals surface area contributed by atoms with Gasteiger partial charge in [-0.2, -0.15) is 0 Å². The van der Waals surface area contributed by atoms with Crippen LogP contribution >= 0.6 is 0 Å². The third-order valence-electron chi connectivity index (χ3n) is 2.94. The van der Waals surface area contributed by atoms with Crippen molar-refractivity contribution in [2.24, 2.45) is 0 Å². The van der Waals surface area contributed by atoms with Crippen LogP contribution < -0.4 is 0 Å². The Morgan fingerprint density at radius 1 is 1.37 bits per heavy atom. The van der Waals surface area contributed by atoms with Gasteiger partial charge in [-0.25, -0.2) is 0 Å². The number of rotatable bonds is 4. The minimum Gasteiger partial charge on any atom is -0.393 e.